The van der Waals surface area contributed by atoms with Crippen molar-refractivity contribution in [2.24, 2.45) is 0 Å². The maximum absolute atomic E-state index is 8.56. The lowest BCUT2D eigenvalue weighted by atomic mass is 10.3. The zero-order valence-corrected chi connectivity index (χ0v) is 9.66. The van der Waals surface area contributed by atoms with Crippen LogP contribution >= 0.6 is 0 Å². The lowest BCUT2D eigenvalue weighted by molar-refractivity contribution is 0.143. The number of unbranched alkanes of at least 4 members (excludes halogenated alkanes) is 1. The number of ether oxygens (including phenoxy) is 1. The van der Waals surface area contributed by atoms with E-state index in [4.69, 9.17) is 14.4 Å². The van der Waals surface area contributed by atoms with E-state index in [1.54, 1.807) is 6.07 Å². The summed E-state index contributed by atoms with van der Waals surface area (Å²) in [7, 11) is 0. The van der Waals surface area contributed by atoms with Crippen LogP contribution in [0.15, 0.2) is 16.5 Å². The van der Waals surface area contributed by atoms with Gasteiger partial charge in [-0.05, 0) is 38.4 Å². The highest BCUT2D eigenvalue weighted by Gasteiger charge is 1.99. The molecule has 1 rings (SSSR count). The molecule has 0 aliphatic rings. The van der Waals surface area contributed by atoms with Crippen molar-refractivity contribution >= 4 is 0 Å². The Labute approximate surface area is 96.2 Å². The Bertz CT molecular complexity index is 328. The Morgan fingerprint density at radius 2 is 2.31 bits per heavy atom. The summed E-state index contributed by atoms with van der Waals surface area (Å²) in [6.45, 7) is 5.24. The minimum Gasteiger partial charge on any atom is -0.449 e. The Balaban J connectivity index is 2.01. The van der Waals surface area contributed by atoms with E-state index in [0.717, 1.165) is 38.4 Å². The van der Waals surface area contributed by atoms with E-state index in [2.05, 4.69) is 5.32 Å². The molecule has 88 valence electrons. The van der Waals surface area contributed by atoms with Crippen molar-refractivity contribution in [1.29, 1.82) is 5.26 Å². The smallest absolute Gasteiger partial charge is 0.203 e. The Morgan fingerprint density at radius 3 is 3.00 bits per heavy atom. The minimum absolute atomic E-state index is 0.369. The Morgan fingerprint density at radius 1 is 1.44 bits per heavy atom. The fraction of sp³-hybridized carbons (Fsp3) is 0.583. The molecule has 0 radical (unpaired) electrons. The molecular formula is C12H18N2O2. The van der Waals surface area contributed by atoms with E-state index >= 15 is 0 Å². The SMILES string of the molecule is CCOCCCCNCc1ccc(C#N)o1. The molecule has 0 aliphatic heterocycles. The molecule has 1 aromatic rings. The van der Waals surface area contributed by atoms with Crippen molar-refractivity contribution in [3.05, 3.63) is 23.7 Å². The van der Waals surface area contributed by atoms with Crippen LogP contribution in [0, 0.1) is 11.3 Å². The average molecular weight is 222 g/mol. The molecule has 0 fully saturated rings. The molecule has 1 heterocycles. The van der Waals surface area contributed by atoms with Crippen LogP contribution < -0.4 is 5.32 Å². The summed E-state index contributed by atoms with van der Waals surface area (Å²) < 4.78 is 10.5. The van der Waals surface area contributed by atoms with E-state index in [1.165, 1.54) is 0 Å². The quantitative estimate of drug-likeness (QED) is 0.684. The number of hydrogen-bond donors (Lipinski definition) is 1. The monoisotopic (exact) mass is 222 g/mol. The van der Waals surface area contributed by atoms with Crippen molar-refractivity contribution in [2.75, 3.05) is 19.8 Å². The first-order valence-electron chi connectivity index (χ1n) is 5.64. The molecule has 1 aromatic heterocycles. The van der Waals surface area contributed by atoms with Gasteiger partial charge in [-0.15, -0.1) is 0 Å². The fourth-order valence-corrected chi connectivity index (χ4v) is 1.34. The summed E-state index contributed by atoms with van der Waals surface area (Å²) in [5.74, 6) is 1.18. The van der Waals surface area contributed by atoms with Crippen LogP contribution in [0.1, 0.15) is 31.3 Å². The van der Waals surface area contributed by atoms with Gasteiger partial charge in [-0.2, -0.15) is 5.26 Å². The van der Waals surface area contributed by atoms with Crippen LogP contribution in [0.4, 0.5) is 0 Å². The third-order valence-electron chi connectivity index (χ3n) is 2.17. The average Bonchev–Trinajstić information content (AvgIpc) is 2.76. The highest BCUT2D eigenvalue weighted by Crippen LogP contribution is 2.05. The molecule has 0 saturated carbocycles. The number of nitrogens with zero attached hydrogens (tertiary/aromatic N) is 1. The first-order chi connectivity index (χ1) is 7.86. The van der Waals surface area contributed by atoms with Crippen LogP contribution in [-0.2, 0) is 11.3 Å². The van der Waals surface area contributed by atoms with Crippen LogP contribution in [0.25, 0.3) is 0 Å². The molecule has 0 bridgehead atoms. The summed E-state index contributed by atoms with van der Waals surface area (Å²) in [6, 6.07) is 5.47. The zero-order chi connectivity index (χ0) is 11.6. The molecule has 0 aliphatic carbocycles. The minimum atomic E-state index is 0.369. The number of rotatable bonds is 8. The summed E-state index contributed by atoms with van der Waals surface area (Å²) in [4.78, 5) is 0. The topological polar surface area (TPSA) is 58.2 Å². The predicted molar refractivity (Wildman–Crippen MR) is 60.9 cm³/mol. The molecule has 16 heavy (non-hydrogen) atoms. The maximum atomic E-state index is 8.56. The van der Waals surface area contributed by atoms with Crippen molar-refractivity contribution in [1.82, 2.24) is 5.32 Å². The molecule has 0 atom stereocenters. The highest BCUT2D eigenvalue weighted by atomic mass is 16.5. The Hall–Kier alpha value is -1.31. The largest absolute Gasteiger partial charge is 0.449 e. The van der Waals surface area contributed by atoms with Gasteiger partial charge in [0.15, 0.2) is 0 Å². The molecular weight excluding hydrogens is 204 g/mol. The van der Waals surface area contributed by atoms with Crippen molar-refractivity contribution in [2.45, 2.75) is 26.3 Å². The van der Waals surface area contributed by atoms with Gasteiger partial charge < -0.3 is 14.5 Å². The fourth-order valence-electron chi connectivity index (χ4n) is 1.34. The van der Waals surface area contributed by atoms with Gasteiger partial charge in [0.2, 0.25) is 5.76 Å². The number of hydrogen-bond acceptors (Lipinski definition) is 4. The third kappa shape index (κ3) is 4.96. The van der Waals surface area contributed by atoms with Crippen LogP contribution in [0.5, 0.6) is 0 Å². The molecule has 0 unspecified atom stereocenters. The second-order valence-electron chi connectivity index (χ2n) is 3.46. The van der Waals surface area contributed by atoms with E-state index in [-0.39, 0.29) is 0 Å². The first kappa shape index (κ1) is 12.8. The van der Waals surface area contributed by atoms with Gasteiger partial charge in [-0.1, -0.05) is 0 Å². The maximum Gasteiger partial charge on any atom is 0.203 e. The second kappa shape index (κ2) is 7.91. The Kier molecular flexibility index (Phi) is 6.31. The molecule has 4 heteroatoms. The first-order valence-corrected chi connectivity index (χ1v) is 5.64. The number of nitriles is 1. The van der Waals surface area contributed by atoms with Gasteiger partial charge in [0, 0.05) is 13.2 Å². The van der Waals surface area contributed by atoms with Crippen LogP contribution in [-0.4, -0.2) is 19.8 Å². The summed E-state index contributed by atoms with van der Waals surface area (Å²) in [5.41, 5.74) is 0. The van der Waals surface area contributed by atoms with E-state index < -0.39 is 0 Å². The van der Waals surface area contributed by atoms with Gasteiger partial charge in [0.1, 0.15) is 11.8 Å². The number of furan rings is 1. The normalized spacial score (nSPS) is 10.2. The van der Waals surface area contributed by atoms with Gasteiger partial charge >= 0.3 is 0 Å². The van der Waals surface area contributed by atoms with Crippen molar-refractivity contribution in [3.8, 4) is 6.07 Å². The van der Waals surface area contributed by atoms with Crippen LogP contribution in [0.2, 0.25) is 0 Å². The molecule has 1 N–H and O–H groups in total. The molecule has 0 saturated heterocycles. The van der Waals surface area contributed by atoms with E-state index in [1.807, 2.05) is 19.1 Å². The highest BCUT2D eigenvalue weighted by molar-refractivity contribution is 5.18. The number of nitrogens with one attached hydrogen (secondary N) is 1. The predicted octanol–water partition coefficient (Wildman–Crippen LogP) is 2.06. The van der Waals surface area contributed by atoms with Gasteiger partial charge in [-0.25, -0.2) is 0 Å². The molecule has 0 amide bonds. The molecule has 0 aromatic carbocycles. The van der Waals surface area contributed by atoms with Crippen molar-refractivity contribution in [3.63, 3.8) is 0 Å². The lowest BCUT2D eigenvalue weighted by Crippen LogP contribution is -2.14. The second-order valence-corrected chi connectivity index (χ2v) is 3.46. The van der Waals surface area contributed by atoms with E-state index in [9.17, 15) is 0 Å². The molecule has 4 nitrogen and oxygen atoms in total. The van der Waals surface area contributed by atoms with E-state index in [0.29, 0.717) is 12.3 Å². The van der Waals surface area contributed by atoms with Crippen molar-refractivity contribution < 1.29 is 9.15 Å². The van der Waals surface area contributed by atoms with Gasteiger partial charge in [0.25, 0.3) is 0 Å². The standard InChI is InChI=1S/C12H18N2O2/c1-2-15-8-4-3-7-14-10-12-6-5-11(9-13)16-12/h5-6,14H,2-4,7-8,10H2,1H3. The zero-order valence-electron chi connectivity index (χ0n) is 9.66. The summed E-state index contributed by atoms with van der Waals surface area (Å²) in [6.07, 6.45) is 2.16. The van der Waals surface area contributed by atoms with Gasteiger partial charge in [-0.3, -0.25) is 0 Å². The van der Waals surface area contributed by atoms with Gasteiger partial charge in [0.05, 0.1) is 6.54 Å². The summed E-state index contributed by atoms with van der Waals surface area (Å²) >= 11 is 0. The molecule has 0 spiro atoms. The van der Waals surface area contributed by atoms with Crippen LogP contribution in [0.3, 0.4) is 0 Å². The third-order valence-corrected chi connectivity index (χ3v) is 2.17. The summed E-state index contributed by atoms with van der Waals surface area (Å²) in [5, 5.41) is 11.8. The lowest BCUT2D eigenvalue weighted by Gasteiger charge is -2.02.